The highest BCUT2D eigenvalue weighted by Crippen LogP contribution is 2.25. The summed E-state index contributed by atoms with van der Waals surface area (Å²) < 4.78 is 0. The minimum atomic E-state index is -0.692. The quantitative estimate of drug-likeness (QED) is 0.546. The number of Topliss-reactive ketones (excluding diaryl/α,β-unsaturated/α-hetero) is 1. The van der Waals surface area contributed by atoms with Gasteiger partial charge in [-0.15, -0.1) is 0 Å². The van der Waals surface area contributed by atoms with Crippen LogP contribution in [0.5, 0.6) is 0 Å². The number of hydrazine groups is 1. The predicted octanol–water partition coefficient (Wildman–Crippen LogP) is 0.878. The standard InChI is InChI=1S/C12H14N2O2/c1-9-12(16)11(8-15)14(13(9)2)10-6-4-3-5-7-10/h3-9,11H,1-2H3. The molecule has 0 radical (unpaired) electrons. The SMILES string of the molecule is CC1C(=O)C(C=O)N(c2ccccc2)N1C. The molecule has 0 spiro atoms. The first-order chi connectivity index (χ1) is 7.66. The van der Waals surface area contributed by atoms with Crippen molar-refractivity contribution in [3.05, 3.63) is 30.3 Å². The van der Waals surface area contributed by atoms with E-state index in [1.54, 1.807) is 10.0 Å². The van der Waals surface area contributed by atoms with Crippen molar-refractivity contribution in [1.82, 2.24) is 5.01 Å². The fraction of sp³-hybridized carbons (Fsp3) is 0.333. The largest absolute Gasteiger partial charge is 0.300 e. The average molecular weight is 218 g/mol. The molecule has 1 saturated heterocycles. The number of likely N-dealkylation sites (N-methyl/N-ethyl adjacent to an activating group) is 1. The van der Waals surface area contributed by atoms with Crippen LogP contribution >= 0.6 is 0 Å². The highest BCUT2D eigenvalue weighted by Gasteiger charge is 2.42. The van der Waals surface area contributed by atoms with Crippen molar-refractivity contribution in [2.24, 2.45) is 0 Å². The molecule has 0 saturated carbocycles. The van der Waals surface area contributed by atoms with E-state index in [0.29, 0.717) is 6.29 Å². The fourth-order valence-electron chi connectivity index (χ4n) is 1.98. The summed E-state index contributed by atoms with van der Waals surface area (Å²) >= 11 is 0. The third kappa shape index (κ3) is 1.51. The molecule has 2 atom stereocenters. The third-order valence-corrected chi connectivity index (χ3v) is 3.02. The van der Waals surface area contributed by atoms with Gasteiger partial charge >= 0.3 is 0 Å². The van der Waals surface area contributed by atoms with E-state index in [2.05, 4.69) is 0 Å². The molecule has 16 heavy (non-hydrogen) atoms. The predicted molar refractivity (Wildman–Crippen MR) is 61.0 cm³/mol. The summed E-state index contributed by atoms with van der Waals surface area (Å²) in [6, 6.07) is 8.51. The Kier molecular flexibility index (Phi) is 2.75. The van der Waals surface area contributed by atoms with Crippen LogP contribution in [-0.2, 0) is 9.59 Å². The summed E-state index contributed by atoms with van der Waals surface area (Å²) in [7, 11) is 1.82. The van der Waals surface area contributed by atoms with Crippen LogP contribution in [0.1, 0.15) is 6.92 Å². The van der Waals surface area contributed by atoms with Gasteiger partial charge in [0.25, 0.3) is 0 Å². The number of para-hydroxylation sites is 1. The van der Waals surface area contributed by atoms with Gasteiger partial charge in [-0.1, -0.05) is 18.2 Å². The first-order valence-corrected chi connectivity index (χ1v) is 5.23. The van der Waals surface area contributed by atoms with Gasteiger partial charge in [0, 0.05) is 7.05 Å². The maximum Gasteiger partial charge on any atom is 0.182 e. The fourth-order valence-corrected chi connectivity index (χ4v) is 1.98. The number of ketones is 1. The number of anilines is 1. The second-order valence-corrected chi connectivity index (χ2v) is 3.91. The maximum atomic E-state index is 11.8. The van der Waals surface area contributed by atoms with Gasteiger partial charge in [-0.3, -0.25) is 9.80 Å². The molecule has 1 aliphatic heterocycles. The Morgan fingerprint density at radius 2 is 1.88 bits per heavy atom. The number of benzene rings is 1. The minimum Gasteiger partial charge on any atom is -0.300 e. The maximum absolute atomic E-state index is 11.8. The second kappa shape index (κ2) is 4.06. The topological polar surface area (TPSA) is 40.6 Å². The van der Waals surface area contributed by atoms with Crippen molar-refractivity contribution in [3.8, 4) is 0 Å². The summed E-state index contributed by atoms with van der Waals surface area (Å²) in [5, 5.41) is 3.54. The normalized spacial score (nSPS) is 26.1. The molecular weight excluding hydrogens is 204 g/mol. The van der Waals surface area contributed by atoms with Crippen molar-refractivity contribution >= 4 is 17.8 Å². The van der Waals surface area contributed by atoms with Crippen molar-refractivity contribution in [2.75, 3.05) is 12.1 Å². The van der Waals surface area contributed by atoms with Crippen LogP contribution in [0.3, 0.4) is 0 Å². The van der Waals surface area contributed by atoms with Crippen molar-refractivity contribution < 1.29 is 9.59 Å². The van der Waals surface area contributed by atoms with E-state index >= 15 is 0 Å². The summed E-state index contributed by atoms with van der Waals surface area (Å²) in [5.74, 6) is -0.0543. The van der Waals surface area contributed by atoms with Gasteiger partial charge < -0.3 is 4.79 Å². The zero-order valence-corrected chi connectivity index (χ0v) is 9.33. The zero-order chi connectivity index (χ0) is 11.7. The van der Waals surface area contributed by atoms with Crippen LogP contribution in [-0.4, -0.2) is 36.2 Å². The molecule has 2 unspecified atom stereocenters. The van der Waals surface area contributed by atoms with Gasteiger partial charge in [0.05, 0.1) is 11.7 Å². The summed E-state index contributed by atoms with van der Waals surface area (Å²) in [6.45, 7) is 1.81. The van der Waals surface area contributed by atoms with Gasteiger partial charge in [-0.2, -0.15) is 0 Å². The lowest BCUT2D eigenvalue weighted by molar-refractivity contribution is -0.123. The van der Waals surface area contributed by atoms with Crippen LogP contribution in [0.4, 0.5) is 5.69 Å². The molecule has 0 aliphatic carbocycles. The highest BCUT2D eigenvalue weighted by molar-refractivity contribution is 6.05. The van der Waals surface area contributed by atoms with E-state index in [0.717, 1.165) is 5.69 Å². The molecule has 2 rings (SSSR count). The molecule has 0 aromatic heterocycles. The van der Waals surface area contributed by atoms with Gasteiger partial charge in [-0.05, 0) is 19.1 Å². The molecule has 1 fully saturated rings. The van der Waals surface area contributed by atoms with Crippen LogP contribution in [0, 0.1) is 0 Å². The van der Waals surface area contributed by atoms with Crippen molar-refractivity contribution in [1.29, 1.82) is 0 Å². The number of aldehydes is 1. The van der Waals surface area contributed by atoms with Crippen molar-refractivity contribution in [2.45, 2.75) is 19.0 Å². The van der Waals surface area contributed by atoms with E-state index < -0.39 is 6.04 Å². The zero-order valence-electron chi connectivity index (χ0n) is 9.33. The van der Waals surface area contributed by atoms with Gasteiger partial charge in [0.2, 0.25) is 0 Å². The number of hydrogen-bond acceptors (Lipinski definition) is 4. The average Bonchev–Trinajstić information content (AvgIpc) is 2.54. The molecule has 1 aromatic rings. The molecule has 0 N–H and O–H groups in total. The van der Waals surface area contributed by atoms with Crippen molar-refractivity contribution in [3.63, 3.8) is 0 Å². The van der Waals surface area contributed by atoms with Crippen LogP contribution in [0.15, 0.2) is 30.3 Å². The molecule has 1 heterocycles. The molecule has 84 valence electrons. The summed E-state index contributed by atoms with van der Waals surface area (Å²) in [4.78, 5) is 22.8. The number of carbonyl (C=O) groups is 2. The smallest absolute Gasteiger partial charge is 0.182 e. The first kappa shape index (κ1) is 10.8. The Morgan fingerprint density at radius 1 is 1.25 bits per heavy atom. The van der Waals surface area contributed by atoms with Gasteiger partial charge in [0.1, 0.15) is 0 Å². The molecular formula is C12H14N2O2. The molecule has 0 amide bonds. The second-order valence-electron chi connectivity index (χ2n) is 3.91. The Morgan fingerprint density at radius 3 is 2.44 bits per heavy atom. The Bertz CT molecular complexity index is 405. The molecule has 1 aromatic carbocycles. The lowest BCUT2D eigenvalue weighted by atomic mass is 10.1. The third-order valence-electron chi connectivity index (χ3n) is 3.02. The number of carbonyl (C=O) groups excluding carboxylic acids is 2. The molecule has 0 bridgehead atoms. The van der Waals surface area contributed by atoms with E-state index in [4.69, 9.17) is 0 Å². The highest BCUT2D eigenvalue weighted by atomic mass is 16.2. The monoisotopic (exact) mass is 218 g/mol. The first-order valence-electron chi connectivity index (χ1n) is 5.23. The van der Waals surface area contributed by atoms with E-state index in [-0.39, 0.29) is 11.8 Å². The Hall–Kier alpha value is -1.68. The lowest BCUT2D eigenvalue weighted by Crippen LogP contribution is -2.41. The summed E-state index contributed by atoms with van der Waals surface area (Å²) in [6.07, 6.45) is 0.704. The number of nitrogens with zero attached hydrogens (tertiary/aromatic N) is 2. The number of rotatable bonds is 2. The van der Waals surface area contributed by atoms with E-state index in [9.17, 15) is 9.59 Å². The number of hydrogen-bond donors (Lipinski definition) is 0. The van der Waals surface area contributed by atoms with Gasteiger partial charge in [-0.25, -0.2) is 5.01 Å². The van der Waals surface area contributed by atoms with Gasteiger partial charge in [0.15, 0.2) is 18.1 Å². The van der Waals surface area contributed by atoms with E-state index in [1.165, 1.54) is 0 Å². The van der Waals surface area contributed by atoms with E-state index in [1.807, 2.05) is 44.3 Å². The van der Waals surface area contributed by atoms with Crippen LogP contribution < -0.4 is 5.01 Å². The Labute approximate surface area is 94.4 Å². The molecule has 4 nitrogen and oxygen atoms in total. The Balaban J connectivity index is 2.40. The molecule has 1 aliphatic rings. The van der Waals surface area contributed by atoms with Crippen LogP contribution in [0.2, 0.25) is 0 Å². The minimum absolute atomic E-state index is 0.0543. The van der Waals surface area contributed by atoms with Crippen LogP contribution in [0.25, 0.3) is 0 Å². The summed E-state index contributed by atoms with van der Waals surface area (Å²) in [5.41, 5.74) is 0.861. The molecule has 4 heteroatoms. The lowest BCUT2D eigenvalue weighted by Gasteiger charge is -2.29.